The van der Waals surface area contributed by atoms with Gasteiger partial charge >= 0.3 is 0 Å². The minimum atomic E-state index is -0.111. The summed E-state index contributed by atoms with van der Waals surface area (Å²) in [7, 11) is 4.04. The van der Waals surface area contributed by atoms with E-state index < -0.39 is 0 Å². The Morgan fingerprint density at radius 2 is 1.94 bits per heavy atom. The van der Waals surface area contributed by atoms with Gasteiger partial charge in [-0.1, -0.05) is 18.2 Å². The van der Waals surface area contributed by atoms with Gasteiger partial charge in [-0.3, -0.25) is 4.90 Å². The Morgan fingerprint density at radius 1 is 1.28 bits per heavy atom. The molecule has 2 atom stereocenters. The predicted molar refractivity (Wildman–Crippen MR) is 75.2 cm³/mol. The summed E-state index contributed by atoms with van der Waals surface area (Å²) < 4.78 is 13.7. The quantitative estimate of drug-likeness (QED) is 0.801. The minimum Gasteiger partial charge on any atom is -0.317 e. The van der Waals surface area contributed by atoms with Crippen molar-refractivity contribution < 1.29 is 4.39 Å². The number of hydrogen-bond donors (Lipinski definition) is 1. The number of nitrogens with one attached hydrogen (secondary N) is 1. The van der Waals surface area contributed by atoms with E-state index >= 15 is 0 Å². The van der Waals surface area contributed by atoms with Crippen LogP contribution in [-0.4, -0.2) is 31.6 Å². The molecule has 1 N–H and O–H groups in total. The van der Waals surface area contributed by atoms with E-state index in [-0.39, 0.29) is 11.9 Å². The molecule has 0 aliphatic heterocycles. The summed E-state index contributed by atoms with van der Waals surface area (Å²) in [5, 5.41) is 3.23. The van der Waals surface area contributed by atoms with Crippen LogP contribution in [0.4, 0.5) is 4.39 Å². The molecule has 1 aromatic rings. The lowest BCUT2D eigenvalue weighted by Crippen LogP contribution is -2.27. The third-order valence-corrected chi connectivity index (χ3v) is 3.66. The number of halogens is 1. The van der Waals surface area contributed by atoms with Gasteiger partial charge in [-0.15, -0.1) is 0 Å². The van der Waals surface area contributed by atoms with Crippen LogP contribution < -0.4 is 5.32 Å². The third-order valence-electron chi connectivity index (χ3n) is 3.66. The minimum absolute atomic E-state index is 0.111. The molecule has 102 valence electrons. The molecule has 0 amide bonds. The Bertz CT molecular complexity index is 354. The first-order valence-corrected chi connectivity index (χ1v) is 6.68. The third kappa shape index (κ3) is 4.39. The maximum atomic E-state index is 13.7. The van der Waals surface area contributed by atoms with Gasteiger partial charge in [0.25, 0.3) is 0 Å². The zero-order valence-electron chi connectivity index (χ0n) is 11.9. The molecule has 0 radical (unpaired) electrons. The van der Waals surface area contributed by atoms with E-state index in [1.165, 1.54) is 6.07 Å². The Morgan fingerprint density at radius 3 is 2.56 bits per heavy atom. The van der Waals surface area contributed by atoms with Crippen molar-refractivity contribution in [1.29, 1.82) is 0 Å². The van der Waals surface area contributed by atoms with Crippen molar-refractivity contribution in [2.45, 2.75) is 38.8 Å². The van der Waals surface area contributed by atoms with Crippen LogP contribution >= 0.6 is 0 Å². The smallest absolute Gasteiger partial charge is 0.127 e. The molecule has 1 aromatic carbocycles. The van der Waals surface area contributed by atoms with Crippen LogP contribution in [0.25, 0.3) is 0 Å². The maximum absolute atomic E-state index is 13.7. The highest BCUT2D eigenvalue weighted by atomic mass is 19.1. The van der Waals surface area contributed by atoms with E-state index in [0.29, 0.717) is 6.04 Å². The Hall–Kier alpha value is -0.930. The fraction of sp³-hybridized carbons (Fsp3) is 0.600. The number of nitrogens with zero attached hydrogens (tertiary/aromatic N) is 1. The van der Waals surface area contributed by atoms with E-state index in [2.05, 4.69) is 31.1 Å². The van der Waals surface area contributed by atoms with E-state index in [1.54, 1.807) is 6.07 Å². The highest BCUT2D eigenvalue weighted by Crippen LogP contribution is 2.21. The Kier molecular flexibility index (Phi) is 6.30. The van der Waals surface area contributed by atoms with Gasteiger partial charge in [0, 0.05) is 17.6 Å². The molecule has 0 heterocycles. The van der Waals surface area contributed by atoms with Gasteiger partial charge in [0.1, 0.15) is 5.82 Å². The summed E-state index contributed by atoms with van der Waals surface area (Å²) in [4.78, 5) is 2.21. The van der Waals surface area contributed by atoms with Crippen LogP contribution in [0, 0.1) is 5.82 Å². The van der Waals surface area contributed by atoms with Crippen molar-refractivity contribution in [3.05, 3.63) is 35.6 Å². The normalized spacial score (nSPS) is 14.8. The molecule has 2 nitrogen and oxygen atoms in total. The van der Waals surface area contributed by atoms with Crippen molar-refractivity contribution in [2.75, 3.05) is 20.6 Å². The summed E-state index contributed by atoms with van der Waals surface area (Å²) >= 11 is 0. The van der Waals surface area contributed by atoms with E-state index in [9.17, 15) is 4.39 Å². The maximum Gasteiger partial charge on any atom is 0.127 e. The van der Waals surface area contributed by atoms with Crippen LogP contribution in [0.3, 0.4) is 0 Å². The van der Waals surface area contributed by atoms with Crippen LogP contribution in [0.5, 0.6) is 0 Å². The van der Waals surface area contributed by atoms with Gasteiger partial charge in [0.2, 0.25) is 0 Å². The molecule has 0 aliphatic carbocycles. The molecule has 0 fully saturated rings. The van der Waals surface area contributed by atoms with Crippen molar-refractivity contribution in [1.82, 2.24) is 10.2 Å². The summed E-state index contributed by atoms with van der Waals surface area (Å²) in [6, 6.07) is 7.69. The Balaban J connectivity index is 2.47. The molecule has 0 saturated heterocycles. The van der Waals surface area contributed by atoms with Gasteiger partial charge in [-0.2, -0.15) is 0 Å². The zero-order valence-corrected chi connectivity index (χ0v) is 11.9. The van der Waals surface area contributed by atoms with Crippen LogP contribution in [0.2, 0.25) is 0 Å². The van der Waals surface area contributed by atoms with Gasteiger partial charge in [0.05, 0.1) is 0 Å². The summed E-state index contributed by atoms with van der Waals surface area (Å²) in [6.45, 7) is 5.22. The van der Waals surface area contributed by atoms with Crippen LogP contribution in [0.1, 0.15) is 38.3 Å². The lowest BCUT2D eigenvalue weighted by Gasteiger charge is -2.25. The topological polar surface area (TPSA) is 15.3 Å². The second kappa shape index (κ2) is 7.49. The highest BCUT2D eigenvalue weighted by molar-refractivity contribution is 5.20. The van der Waals surface area contributed by atoms with Crippen molar-refractivity contribution in [3.63, 3.8) is 0 Å². The van der Waals surface area contributed by atoms with E-state index in [1.807, 2.05) is 19.2 Å². The largest absolute Gasteiger partial charge is 0.317 e. The first-order chi connectivity index (χ1) is 8.56. The number of benzene rings is 1. The lowest BCUT2D eigenvalue weighted by molar-refractivity contribution is 0.248. The Labute approximate surface area is 110 Å². The first kappa shape index (κ1) is 15.1. The van der Waals surface area contributed by atoms with Crippen LogP contribution in [-0.2, 0) is 0 Å². The molecule has 0 spiro atoms. The molecule has 0 saturated carbocycles. The van der Waals surface area contributed by atoms with Gasteiger partial charge in [-0.25, -0.2) is 4.39 Å². The fourth-order valence-electron chi connectivity index (χ4n) is 2.04. The number of rotatable bonds is 7. The van der Waals surface area contributed by atoms with E-state index in [0.717, 1.165) is 24.9 Å². The molecule has 18 heavy (non-hydrogen) atoms. The SMILES string of the molecule is CNC(C)CCCN(C)C(C)c1ccccc1F. The molecule has 0 aromatic heterocycles. The number of hydrogen-bond acceptors (Lipinski definition) is 2. The summed E-state index contributed by atoms with van der Waals surface area (Å²) in [6.07, 6.45) is 2.27. The molecular formula is C15H25FN2. The molecule has 3 heteroatoms. The van der Waals surface area contributed by atoms with Gasteiger partial charge in [0.15, 0.2) is 0 Å². The van der Waals surface area contributed by atoms with Crippen molar-refractivity contribution in [3.8, 4) is 0 Å². The second-order valence-electron chi connectivity index (χ2n) is 5.01. The average molecular weight is 252 g/mol. The monoisotopic (exact) mass is 252 g/mol. The molecular weight excluding hydrogens is 227 g/mol. The van der Waals surface area contributed by atoms with Crippen LogP contribution in [0.15, 0.2) is 24.3 Å². The lowest BCUT2D eigenvalue weighted by atomic mass is 10.1. The second-order valence-corrected chi connectivity index (χ2v) is 5.01. The molecule has 2 unspecified atom stereocenters. The average Bonchev–Trinajstić information content (AvgIpc) is 2.38. The summed E-state index contributed by atoms with van der Waals surface area (Å²) in [5.41, 5.74) is 0.779. The van der Waals surface area contributed by atoms with Crippen molar-refractivity contribution in [2.24, 2.45) is 0 Å². The predicted octanol–water partition coefficient (Wildman–Crippen LogP) is 3.21. The van der Waals surface area contributed by atoms with E-state index in [4.69, 9.17) is 0 Å². The summed E-state index contributed by atoms with van der Waals surface area (Å²) in [5.74, 6) is -0.111. The highest BCUT2D eigenvalue weighted by Gasteiger charge is 2.14. The standard InChI is InChI=1S/C15H25FN2/c1-12(17-3)8-7-11-18(4)13(2)14-9-5-6-10-15(14)16/h5-6,9-10,12-13,17H,7-8,11H2,1-4H3. The molecule has 0 aliphatic rings. The zero-order chi connectivity index (χ0) is 13.5. The first-order valence-electron chi connectivity index (χ1n) is 6.68. The molecule has 1 rings (SSSR count). The fourth-order valence-corrected chi connectivity index (χ4v) is 2.04. The van der Waals surface area contributed by atoms with Crippen molar-refractivity contribution >= 4 is 0 Å². The van der Waals surface area contributed by atoms with Gasteiger partial charge < -0.3 is 5.32 Å². The van der Waals surface area contributed by atoms with Gasteiger partial charge in [-0.05, 0) is 53.4 Å². The molecule has 0 bridgehead atoms.